The molecule has 1 saturated heterocycles. The van der Waals surface area contributed by atoms with Crippen LogP contribution in [0.2, 0.25) is 0 Å². The molecule has 3 heterocycles. The molecule has 1 aliphatic rings. The van der Waals surface area contributed by atoms with Gasteiger partial charge in [0.05, 0.1) is 4.92 Å². The molecule has 0 radical (unpaired) electrons. The van der Waals surface area contributed by atoms with Crippen LogP contribution in [0.1, 0.15) is 18.5 Å². The van der Waals surface area contributed by atoms with Crippen molar-refractivity contribution in [2.45, 2.75) is 29.2 Å². The second-order valence-corrected chi connectivity index (χ2v) is 8.69. The number of piperidine rings is 1. The fourth-order valence-corrected chi connectivity index (χ4v) is 4.63. The van der Waals surface area contributed by atoms with Gasteiger partial charge in [-0.05, 0) is 25.0 Å². The van der Waals surface area contributed by atoms with Crippen LogP contribution in [-0.4, -0.2) is 43.0 Å². The molecule has 0 aliphatic carbocycles. The number of thioether (sulfide) groups is 1. The molecule has 3 aromatic rings. The SMILES string of the molecule is Cn1nc(C(F)(F)F)cc1Oc1ncnc(N2CCC(Sc3ccccc3)CC2)c1[N+](=O)[O-]. The molecule has 13 heteroatoms. The van der Waals surface area contributed by atoms with Crippen molar-refractivity contribution < 1.29 is 22.8 Å². The van der Waals surface area contributed by atoms with E-state index in [4.69, 9.17) is 4.74 Å². The lowest BCUT2D eigenvalue weighted by atomic mass is 10.1. The van der Waals surface area contributed by atoms with Crippen molar-refractivity contribution >= 4 is 23.3 Å². The molecule has 0 amide bonds. The van der Waals surface area contributed by atoms with Crippen LogP contribution < -0.4 is 9.64 Å². The Bertz CT molecular complexity index is 1130. The molecule has 9 nitrogen and oxygen atoms in total. The summed E-state index contributed by atoms with van der Waals surface area (Å²) in [6, 6.07) is 10.7. The van der Waals surface area contributed by atoms with Gasteiger partial charge >= 0.3 is 17.7 Å². The van der Waals surface area contributed by atoms with Gasteiger partial charge in [0.25, 0.3) is 0 Å². The Labute approximate surface area is 190 Å². The smallest absolute Gasteiger partial charge is 0.415 e. The van der Waals surface area contributed by atoms with Gasteiger partial charge in [-0.2, -0.15) is 23.3 Å². The largest absolute Gasteiger partial charge is 0.435 e. The lowest BCUT2D eigenvalue weighted by Crippen LogP contribution is -2.35. The topological polar surface area (TPSA) is 99.2 Å². The van der Waals surface area contributed by atoms with E-state index in [2.05, 4.69) is 15.1 Å². The molecule has 33 heavy (non-hydrogen) atoms. The fraction of sp³-hybridized carbons (Fsp3) is 0.350. The lowest BCUT2D eigenvalue weighted by Gasteiger charge is -2.32. The maximum absolute atomic E-state index is 12.9. The number of anilines is 1. The maximum Gasteiger partial charge on any atom is 0.435 e. The van der Waals surface area contributed by atoms with Crippen molar-refractivity contribution in [1.82, 2.24) is 19.7 Å². The number of benzene rings is 1. The number of nitro groups is 1. The highest BCUT2D eigenvalue weighted by Crippen LogP contribution is 2.39. The highest BCUT2D eigenvalue weighted by atomic mass is 32.2. The number of hydrogen-bond acceptors (Lipinski definition) is 8. The van der Waals surface area contributed by atoms with Crippen molar-refractivity contribution in [3.8, 4) is 11.8 Å². The van der Waals surface area contributed by atoms with E-state index < -0.39 is 28.4 Å². The molecular weight excluding hydrogens is 461 g/mol. The number of rotatable bonds is 6. The molecule has 1 aliphatic heterocycles. The molecule has 0 atom stereocenters. The Morgan fingerprint density at radius 3 is 2.48 bits per heavy atom. The average molecular weight is 480 g/mol. The number of halogens is 3. The third kappa shape index (κ3) is 5.18. The van der Waals surface area contributed by atoms with Crippen LogP contribution in [-0.2, 0) is 13.2 Å². The number of alkyl halides is 3. The fourth-order valence-electron chi connectivity index (χ4n) is 3.48. The van der Waals surface area contributed by atoms with Crippen LogP contribution in [0.4, 0.5) is 24.7 Å². The molecule has 0 N–H and O–H groups in total. The summed E-state index contributed by atoms with van der Waals surface area (Å²) in [4.78, 5) is 22.0. The number of ether oxygens (including phenoxy) is 1. The van der Waals surface area contributed by atoms with Gasteiger partial charge in [-0.3, -0.25) is 10.1 Å². The zero-order valence-electron chi connectivity index (χ0n) is 17.4. The summed E-state index contributed by atoms with van der Waals surface area (Å²) in [6.45, 7) is 1.07. The summed E-state index contributed by atoms with van der Waals surface area (Å²) >= 11 is 1.76. The first-order valence-corrected chi connectivity index (χ1v) is 10.9. The van der Waals surface area contributed by atoms with Crippen molar-refractivity contribution in [1.29, 1.82) is 0 Å². The van der Waals surface area contributed by atoms with E-state index in [1.807, 2.05) is 30.3 Å². The maximum atomic E-state index is 12.9. The summed E-state index contributed by atoms with van der Waals surface area (Å²) in [5, 5.41) is 15.5. The first-order valence-electron chi connectivity index (χ1n) is 9.97. The third-order valence-corrected chi connectivity index (χ3v) is 6.42. The molecular formula is C20H19F3N6O3S. The predicted octanol–water partition coefficient (Wildman–Crippen LogP) is 4.69. The first kappa shape index (κ1) is 22.8. The Morgan fingerprint density at radius 2 is 1.88 bits per heavy atom. The van der Waals surface area contributed by atoms with Crippen LogP contribution in [0, 0.1) is 10.1 Å². The van der Waals surface area contributed by atoms with E-state index in [1.165, 1.54) is 7.05 Å². The highest BCUT2D eigenvalue weighted by molar-refractivity contribution is 8.00. The lowest BCUT2D eigenvalue weighted by molar-refractivity contribution is -0.385. The standard InChI is InChI=1S/C20H19F3N6O3S/c1-27-16(11-15(26-27)20(21,22)23)32-19-17(29(30)31)18(24-12-25-19)28-9-7-14(8-10-28)33-13-5-3-2-4-6-13/h2-6,11-12,14H,7-10H2,1H3. The Balaban J connectivity index is 1.53. The molecule has 0 saturated carbocycles. The second kappa shape index (κ2) is 9.25. The number of aryl methyl sites for hydroxylation is 1. The molecule has 0 bridgehead atoms. The minimum absolute atomic E-state index is 0.0753. The van der Waals surface area contributed by atoms with E-state index in [0.717, 1.165) is 28.7 Å². The van der Waals surface area contributed by atoms with Crippen LogP contribution in [0.25, 0.3) is 0 Å². The zero-order valence-corrected chi connectivity index (χ0v) is 18.2. The van der Waals surface area contributed by atoms with Gasteiger partial charge in [-0.1, -0.05) is 18.2 Å². The monoisotopic (exact) mass is 480 g/mol. The summed E-state index contributed by atoms with van der Waals surface area (Å²) in [6.07, 6.45) is -2.01. The summed E-state index contributed by atoms with van der Waals surface area (Å²) in [7, 11) is 1.24. The Hall–Kier alpha value is -3.35. The van der Waals surface area contributed by atoms with Gasteiger partial charge in [0.15, 0.2) is 5.69 Å². The van der Waals surface area contributed by atoms with Gasteiger partial charge in [0, 0.05) is 36.3 Å². The van der Waals surface area contributed by atoms with Crippen molar-refractivity contribution in [2.75, 3.05) is 18.0 Å². The van der Waals surface area contributed by atoms with Gasteiger partial charge in [-0.25, -0.2) is 9.67 Å². The minimum atomic E-state index is -4.68. The van der Waals surface area contributed by atoms with E-state index >= 15 is 0 Å². The van der Waals surface area contributed by atoms with Crippen LogP contribution in [0.3, 0.4) is 0 Å². The van der Waals surface area contributed by atoms with Gasteiger partial charge in [-0.15, -0.1) is 11.8 Å². The van der Waals surface area contributed by atoms with Crippen molar-refractivity contribution in [2.24, 2.45) is 7.05 Å². The highest BCUT2D eigenvalue weighted by Gasteiger charge is 2.36. The predicted molar refractivity (Wildman–Crippen MR) is 115 cm³/mol. The number of hydrogen-bond donors (Lipinski definition) is 0. The quantitative estimate of drug-likeness (QED) is 0.370. The van der Waals surface area contributed by atoms with E-state index in [-0.39, 0.29) is 11.7 Å². The van der Waals surface area contributed by atoms with Crippen molar-refractivity contribution in [3.05, 3.63) is 58.5 Å². The van der Waals surface area contributed by atoms with E-state index in [0.29, 0.717) is 24.4 Å². The van der Waals surface area contributed by atoms with E-state index in [9.17, 15) is 23.3 Å². The molecule has 0 spiro atoms. The Kier molecular flexibility index (Phi) is 6.40. The second-order valence-electron chi connectivity index (χ2n) is 7.32. The van der Waals surface area contributed by atoms with Gasteiger partial charge in [0.1, 0.15) is 6.33 Å². The third-order valence-electron chi connectivity index (χ3n) is 5.07. The summed E-state index contributed by atoms with van der Waals surface area (Å²) in [5.41, 5.74) is -1.67. The molecule has 2 aromatic heterocycles. The molecule has 4 rings (SSSR count). The molecule has 174 valence electrons. The van der Waals surface area contributed by atoms with E-state index in [1.54, 1.807) is 16.7 Å². The zero-order chi connectivity index (χ0) is 23.6. The molecule has 1 aromatic carbocycles. The summed E-state index contributed by atoms with van der Waals surface area (Å²) in [5.74, 6) is -0.693. The normalized spacial score (nSPS) is 15.0. The first-order chi connectivity index (χ1) is 15.7. The summed E-state index contributed by atoms with van der Waals surface area (Å²) < 4.78 is 45.0. The Morgan fingerprint density at radius 1 is 1.18 bits per heavy atom. The number of nitrogens with zero attached hydrogens (tertiary/aromatic N) is 6. The van der Waals surface area contributed by atoms with Gasteiger partial charge < -0.3 is 9.64 Å². The molecule has 0 unspecified atom stereocenters. The van der Waals surface area contributed by atoms with Crippen LogP contribution >= 0.6 is 11.8 Å². The minimum Gasteiger partial charge on any atom is -0.415 e. The number of aromatic nitrogens is 4. The van der Waals surface area contributed by atoms with Crippen LogP contribution in [0.15, 0.2) is 47.6 Å². The molecule has 1 fully saturated rings. The van der Waals surface area contributed by atoms with Gasteiger partial charge in [0.2, 0.25) is 11.7 Å². The average Bonchev–Trinajstić information content (AvgIpc) is 3.15. The van der Waals surface area contributed by atoms with Crippen molar-refractivity contribution in [3.63, 3.8) is 0 Å². The van der Waals surface area contributed by atoms with Crippen LogP contribution in [0.5, 0.6) is 11.8 Å².